The van der Waals surface area contributed by atoms with E-state index in [2.05, 4.69) is 20.3 Å². The molecule has 0 bridgehead atoms. The van der Waals surface area contributed by atoms with Gasteiger partial charge in [-0.25, -0.2) is 15.0 Å². The van der Waals surface area contributed by atoms with Gasteiger partial charge in [0.15, 0.2) is 6.29 Å². The lowest BCUT2D eigenvalue weighted by Crippen LogP contribution is -2.03. The molecular formula is C10H9FN4O2. The molecule has 0 spiro atoms. The second-order valence-corrected chi connectivity index (χ2v) is 3.17. The van der Waals surface area contributed by atoms with E-state index in [0.29, 0.717) is 5.82 Å². The molecule has 2 heterocycles. The summed E-state index contributed by atoms with van der Waals surface area (Å²) in [7, 11) is 0. The highest BCUT2D eigenvalue weighted by Crippen LogP contribution is 2.14. The molecule has 0 unspecified atom stereocenters. The Morgan fingerprint density at radius 1 is 1.18 bits per heavy atom. The lowest BCUT2D eigenvalue weighted by atomic mass is 10.3. The van der Waals surface area contributed by atoms with Crippen molar-refractivity contribution in [2.24, 2.45) is 0 Å². The normalized spacial score (nSPS) is 10.6. The van der Waals surface area contributed by atoms with E-state index < -0.39 is 12.2 Å². The van der Waals surface area contributed by atoms with Gasteiger partial charge in [0.1, 0.15) is 23.7 Å². The first kappa shape index (κ1) is 11.4. The van der Waals surface area contributed by atoms with Crippen molar-refractivity contribution in [2.75, 3.05) is 5.32 Å². The monoisotopic (exact) mass is 236 g/mol. The van der Waals surface area contributed by atoms with Gasteiger partial charge in [-0.1, -0.05) is 6.07 Å². The third-order valence-corrected chi connectivity index (χ3v) is 1.92. The maximum Gasteiger partial charge on any atom is 0.214 e. The van der Waals surface area contributed by atoms with Crippen LogP contribution in [0.25, 0.3) is 0 Å². The van der Waals surface area contributed by atoms with Crippen molar-refractivity contribution >= 4 is 11.6 Å². The lowest BCUT2D eigenvalue weighted by molar-refractivity contribution is -0.0458. The Labute approximate surface area is 95.8 Å². The van der Waals surface area contributed by atoms with E-state index in [0.717, 1.165) is 6.33 Å². The first-order valence-electron chi connectivity index (χ1n) is 4.73. The second kappa shape index (κ2) is 4.81. The fraction of sp³-hybridized carbons (Fsp3) is 0.100. The zero-order valence-corrected chi connectivity index (χ0v) is 8.58. The molecule has 0 aliphatic rings. The fourth-order valence-electron chi connectivity index (χ4n) is 1.19. The highest BCUT2D eigenvalue weighted by atomic mass is 19.1. The van der Waals surface area contributed by atoms with E-state index in [1.54, 1.807) is 6.07 Å². The summed E-state index contributed by atoms with van der Waals surface area (Å²) in [6, 6.07) is 5.60. The van der Waals surface area contributed by atoms with E-state index in [4.69, 9.17) is 10.2 Å². The quantitative estimate of drug-likeness (QED) is 0.537. The number of nitrogens with one attached hydrogen (secondary N) is 1. The van der Waals surface area contributed by atoms with Crippen molar-refractivity contribution in [3.05, 3.63) is 42.2 Å². The number of anilines is 2. The van der Waals surface area contributed by atoms with Crippen molar-refractivity contribution in [1.82, 2.24) is 15.0 Å². The molecular weight excluding hydrogens is 227 g/mol. The van der Waals surface area contributed by atoms with E-state index in [1.807, 2.05) is 0 Å². The third-order valence-electron chi connectivity index (χ3n) is 1.92. The van der Waals surface area contributed by atoms with Gasteiger partial charge in [-0.05, 0) is 12.1 Å². The van der Waals surface area contributed by atoms with Crippen molar-refractivity contribution < 1.29 is 14.6 Å². The van der Waals surface area contributed by atoms with Crippen LogP contribution in [0.15, 0.2) is 30.6 Å². The molecule has 0 fully saturated rings. The van der Waals surface area contributed by atoms with Crippen LogP contribution in [0.5, 0.6) is 0 Å². The molecule has 0 radical (unpaired) electrons. The Morgan fingerprint density at radius 3 is 2.71 bits per heavy atom. The maximum atomic E-state index is 12.8. The van der Waals surface area contributed by atoms with Crippen molar-refractivity contribution in [3.63, 3.8) is 0 Å². The summed E-state index contributed by atoms with van der Waals surface area (Å²) in [6.07, 6.45) is -0.518. The van der Waals surface area contributed by atoms with E-state index >= 15 is 0 Å². The molecule has 0 amide bonds. The number of aromatic nitrogens is 3. The highest BCUT2D eigenvalue weighted by molar-refractivity contribution is 5.51. The molecule has 2 aromatic heterocycles. The summed E-state index contributed by atoms with van der Waals surface area (Å²) in [4.78, 5) is 11.1. The Kier molecular flexibility index (Phi) is 3.22. The van der Waals surface area contributed by atoms with Gasteiger partial charge in [0.2, 0.25) is 5.95 Å². The van der Waals surface area contributed by atoms with Gasteiger partial charge < -0.3 is 15.5 Å². The topological polar surface area (TPSA) is 91.2 Å². The Hall–Kier alpha value is -2.12. The summed E-state index contributed by atoms with van der Waals surface area (Å²) in [6.45, 7) is 0. The SMILES string of the molecule is OC(O)c1cc(Nc2cccc(F)n2)ncn1. The van der Waals surface area contributed by atoms with Crippen LogP contribution in [0.4, 0.5) is 16.0 Å². The number of aliphatic hydroxyl groups excluding tert-OH is 1. The van der Waals surface area contributed by atoms with Gasteiger partial charge in [0.25, 0.3) is 0 Å². The zero-order valence-electron chi connectivity index (χ0n) is 8.58. The maximum absolute atomic E-state index is 12.8. The summed E-state index contributed by atoms with van der Waals surface area (Å²) >= 11 is 0. The molecule has 7 heteroatoms. The number of pyridine rings is 1. The van der Waals surface area contributed by atoms with E-state index in [-0.39, 0.29) is 11.5 Å². The van der Waals surface area contributed by atoms with Gasteiger partial charge in [-0.15, -0.1) is 0 Å². The Morgan fingerprint density at radius 2 is 2.00 bits per heavy atom. The molecule has 3 N–H and O–H groups in total. The van der Waals surface area contributed by atoms with E-state index in [1.165, 1.54) is 18.2 Å². The molecule has 0 atom stereocenters. The van der Waals surface area contributed by atoms with Crippen LogP contribution in [0, 0.1) is 5.95 Å². The van der Waals surface area contributed by atoms with Crippen LogP contribution < -0.4 is 5.32 Å². The number of nitrogens with zero attached hydrogens (tertiary/aromatic N) is 3. The van der Waals surface area contributed by atoms with Gasteiger partial charge >= 0.3 is 0 Å². The van der Waals surface area contributed by atoms with Crippen molar-refractivity contribution in [1.29, 1.82) is 0 Å². The fourth-order valence-corrected chi connectivity index (χ4v) is 1.19. The number of hydrogen-bond donors (Lipinski definition) is 3. The average molecular weight is 236 g/mol. The smallest absolute Gasteiger partial charge is 0.214 e. The number of rotatable bonds is 3. The molecule has 2 aromatic rings. The molecule has 6 nitrogen and oxygen atoms in total. The van der Waals surface area contributed by atoms with Gasteiger partial charge in [-0.3, -0.25) is 0 Å². The molecule has 0 aliphatic heterocycles. The summed E-state index contributed by atoms with van der Waals surface area (Å²) < 4.78 is 12.8. The minimum absolute atomic E-state index is 0.0407. The van der Waals surface area contributed by atoms with Gasteiger partial charge in [0.05, 0.1) is 0 Å². The van der Waals surface area contributed by atoms with Crippen molar-refractivity contribution in [2.45, 2.75) is 6.29 Å². The average Bonchev–Trinajstić information content (AvgIpc) is 2.29. The molecule has 0 aliphatic carbocycles. The van der Waals surface area contributed by atoms with E-state index in [9.17, 15) is 4.39 Å². The van der Waals surface area contributed by atoms with Gasteiger partial charge in [0, 0.05) is 6.07 Å². The zero-order chi connectivity index (χ0) is 12.3. The molecule has 0 aromatic carbocycles. The van der Waals surface area contributed by atoms with Crippen LogP contribution in [0.2, 0.25) is 0 Å². The molecule has 17 heavy (non-hydrogen) atoms. The molecule has 2 rings (SSSR count). The van der Waals surface area contributed by atoms with Crippen LogP contribution in [0.1, 0.15) is 12.0 Å². The minimum Gasteiger partial charge on any atom is -0.363 e. The second-order valence-electron chi connectivity index (χ2n) is 3.17. The first-order valence-corrected chi connectivity index (χ1v) is 4.73. The molecule has 0 saturated heterocycles. The van der Waals surface area contributed by atoms with Gasteiger partial charge in [-0.2, -0.15) is 4.39 Å². The molecule has 88 valence electrons. The number of aliphatic hydroxyl groups is 2. The standard InChI is InChI=1S/C10H9FN4O2/c11-7-2-1-3-8(14-7)15-9-4-6(10(16)17)12-5-13-9/h1-5,10,16-17H,(H,12,13,14,15). The predicted molar refractivity (Wildman–Crippen MR) is 56.7 cm³/mol. The van der Waals surface area contributed by atoms with Crippen LogP contribution in [-0.4, -0.2) is 25.2 Å². The minimum atomic E-state index is -1.68. The highest BCUT2D eigenvalue weighted by Gasteiger charge is 2.06. The largest absolute Gasteiger partial charge is 0.363 e. The van der Waals surface area contributed by atoms with Crippen LogP contribution in [0.3, 0.4) is 0 Å². The summed E-state index contributed by atoms with van der Waals surface area (Å²) in [5.74, 6) is -0.0604. The lowest BCUT2D eigenvalue weighted by Gasteiger charge is -2.06. The third kappa shape index (κ3) is 2.92. The summed E-state index contributed by atoms with van der Waals surface area (Å²) in [5, 5.41) is 20.6. The summed E-state index contributed by atoms with van der Waals surface area (Å²) in [5.41, 5.74) is 0.0407. The molecule has 0 saturated carbocycles. The predicted octanol–water partition coefficient (Wildman–Crippen LogP) is 0.737. The number of hydrogen-bond acceptors (Lipinski definition) is 6. The van der Waals surface area contributed by atoms with Crippen molar-refractivity contribution in [3.8, 4) is 0 Å². The Balaban J connectivity index is 2.21. The Bertz CT molecular complexity index is 521. The number of halogens is 1. The van der Waals surface area contributed by atoms with Crippen LogP contribution >= 0.6 is 0 Å². The van der Waals surface area contributed by atoms with Crippen LogP contribution in [-0.2, 0) is 0 Å². The first-order chi connectivity index (χ1) is 8.15.